The molecule has 0 bridgehead atoms. The lowest BCUT2D eigenvalue weighted by atomic mass is 10.0. The van der Waals surface area contributed by atoms with Crippen molar-refractivity contribution in [1.29, 1.82) is 0 Å². The lowest BCUT2D eigenvalue weighted by Gasteiger charge is -2.32. The molecule has 0 spiro atoms. The summed E-state index contributed by atoms with van der Waals surface area (Å²) >= 11 is 0. The summed E-state index contributed by atoms with van der Waals surface area (Å²) in [5, 5.41) is 2.69. The predicted octanol–water partition coefficient (Wildman–Crippen LogP) is 3.03. The number of anilines is 2. The number of pyridine rings is 1. The first-order valence-electron chi connectivity index (χ1n) is 8.82. The number of ether oxygens (including phenoxy) is 1. The Hall–Kier alpha value is -3.94. The van der Waals surface area contributed by atoms with Crippen LogP contribution in [0.3, 0.4) is 0 Å². The molecule has 1 amide bonds. The summed E-state index contributed by atoms with van der Waals surface area (Å²) < 4.78 is 20.6. The Bertz CT molecular complexity index is 1130. The van der Waals surface area contributed by atoms with Crippen LogP contribution in [0.1, 0.15) is 28.5 Å². The monoisotopic (exact) mass is 391 g/mol. The molecule has 0 fully saturated rings. The number of benzene rings is 2. The second-order valence-corrected chi connectivity index (χ2v) is 6.70. The zero-order valence-corrected chi connectivity index (χ0v) is 15.5. The van der Waals surface area contributed by atoms with Gasteiger partial charge in [0.1, 0.15) is 23.1 Å². The molecule has 5 N–H and O–H groups in total. The highest BCUT2D eigenvalue weighted by Gasteiger charge is 2.36. The van der Waals surface area contributed by atoms with Crippen LogP contribution in [0, 0.1) is 5.82 Å². The summed E-state index contributed by atoms with van der Waals surface area (Å²) in [4.78, 5) is 20.8. The fraction of sp³-hybridized carbons (Fsp3) is 0.0952. The number of amides is 1. The van der Waals surface area contributed by atoms with Crippen molar-refractivity contribution in [2.75, 3.05) is 11.1 Å². The van der Waals surface area contributed by atoms with Gasteiger partial charge in [0.05, 0.1) is 23.0 Å². The average molecular weight is 391 g/mol. The van der Waals surface area contributed by atoms with Gasteiger partial charge in [0.2, 0.25) is 5.72 Å². The molecule has 7 nitrogen and oxygen atoms in total. The van der Waals surface area contributed by atoms with Gasteiger partial charge in [-0.3, -0.25) is 4.79 Å². The van der Waals surface area contributed by atoms with Crippen molar-refractivity contribution in [1.82, 2.24) is 4.98 Å². The second-order valence-electron chi connectivity index (χ2n) is 6.70. The van der Waals surface area contributed by atoms with Gasteiger partial charge in [-0.25, -0.2) is 14.4 Å². The predicted molar refractivity (Wildman–Crippen MR) is 108 cm³/mol. The molecule has 0 aliphatic carbocycles. The Balaban J connectivity index is 1.66. The SMILES string of the molecule is CC1(c2cc(NC(=O)c3ccc(N)cn3)ccc2F)N=C(N)c2ccccc2O1. The van der Waals surface area contributed by atoms with Crippen LogP contribution in [0.4, 0.5) is 15.8 Å². The van der Waals surface area contributed by atoms with Crippen molar-refractivity contribution in [2.24, 2.45) is 10.7 Å². The number of nitrogens with two attached hydrogens (primary N) is 2. The van der Waals surface area contributed by atoms with Gasteiger partial charge < -0.3 is 21.5 Å². The minimum absolute atomic E-state index is 0.137. The summed E-state index contributed by atoms with van der Waals surface area (Å²) in [6.45, 7) is 1.61. The lowest BCUT2D eigenvalue weighted by molar-refractivity contribution is 0.0884. The number of carbonyl (C=O) groups is 1. The second kappa shape index (κ2) is 6.90. The van der Waals surface area contributed by atoms with Crippen LogP contribution in [0.25, 0.3) is 0 Å². The molecule has 2 aromatic carbocycles. The highest BCUT2D eigenvalue weighted by atomic mass is 19.1. The Kier molecular flexibility index (Phi) is 4.38. The van der Waals surface area contributed by atoms with Gasteiger partial charge in [0.25, 0.3) is 5.91 Å². The Morgan fingerprint density at radius 1 is 1.14 bits per heavy atom. The van der Waals surface area contributed by atoms with Gasteiger partial charge in [0.15, 0.2) is 0 Å². The zero-order valence-electron chi connectivity index (χ0n) is 15.5. The summed E-state index contributed by atoms with van der Waals surface area (Å²) in [6, 6.07) is 14.4. The van der Waals surface area contributed by atoms with Crippen LogP contribution < -0.4 is 21.5 Å². The number of aliphatic imine (C=N–C) groups is 1. The quantitative estimate of drug-likeness (QED) is 0.635. The number of halogens is 1. The number of hydrogen-bond donors (Lipinski definition) is 3. The van der Waals surface area contributed by atoms with Gasteiger partial charge in [-0.05, 0) is 42.5 Å². The average Bonchev–Trinajstić information content (AvgIpc) is 2.69. The third-order valence-corrected chi connectivity index (χ3v) is 4.55. The first kappa shape index (κ1) is 18.4. The van der Waals surface area contributed by atoms with Crippen molar-refractivity contribution in [3.8, 4) is 5.75 Å². The van der Waals surface area contributed by atoms with E-state index in [2.05, 4.69) is 15.3 Å². The Labute approximate surface area is 166 Å². The van der Waals surface area contributed by atoms with E-state index < -0.39 is 17.4 Å². The van der Waals surface area contributed by atoms with Crippen LogP contribution in [-0.4, -0.2) is 16.7 Å². The molecule has 0 radical (unpaired) electrons. The van der Waals surface area contributed by atoms with Crippen molar-refractivity contribution < 1.29 is 13.9 Å². The number of nitrogens with one attached hydrogen (secondary N) is 1. The fourth-order valence-corrected chi connectivity index (χ4v) is 3.10. The molecule has 1 aromatic heterocycles. The summed E-state index contributed by atoms with van der Waals surface area (Å²) in [7, 11) is 0. The van der Waals surface area contributed by atoms with E-state index in [1.807, 2.05) is 6.07 Å². The van der Waals surface area contributed by atoms with Gasteiger partial charge in [-0.15, -0.1) is 0 Å². The molecule has 4 rings (SSSR count). The van der Waals surface area contributed by atoms with Gasteiger partial charge in [0, 0.05) is 12.6 Å². The molecule has 0 saturated heterocycles. The van der Waals surface area contributed by atoms with Crippen molar-refractivity contribution in [3.63, 3.8) is 0 Å². The van der Waals surface area contributed by atoms with E-state index in [4.69, 9.17) is 16.2 Å². The molecular weight excluding hydrogens is 373 g/mol. The first-order chi connectivity index (χ1) is 13.9. The summed E-state index contributed by atoms with van der Waals surface area (Å²) in [6.07, 6.45) is 1.39. The van der Waals surface area contributed by atoms with E-state index >= 15 is 0 Å². The number of rotatable bonds is 3. The van der Waals surface area contributed by atoms with Crippen LogP contribution in [0.2, 0.25) is 0 Å². The van der Waals surface area contributed by atoms with Gasteiger partial charge in [-0.1, -0.05) is 12.1 Å². The molecular formula is C21H18FN5O2. The maximum atomic E-state index is 14.7. The Morgan fingerprint density at radius 2 is 1.93 bits per heavy atom. The molecule has 1 unspecified atom stereocenters. The molecule has 146 valence electrons. The zero-order chi connectivity index (χ0) is 20.6. The standard InChI is InChI=1S/C21H18FN5O2/c1-21(27-19(24)14-4-2-3-5-18(14)29-21)15-10-13(7-8-16(15)22)26-20(28)17-9-6-12(23)11-25-17/h2-11H,23H2,1H3,(H2,24,27)(H,26,28). The number of carbonyl (C=O) groups excluding carboxylic acids is 1. The molecule has 0 saturated carbocycles. The molecule has 3 aromatic rings. The summed E-state index contributed by atoms with van der Waals surface area (Å²) in [5.41, 5.74) is 12.0. The van der Waals surface area contributed by atoms with Crippen LogP contribution in [0.5, 0.6) is 5.75 Å². The van der Waals surface area contributed by atoms with E-state index in [0.717, 1.165) is 0 Å². The minimum Gasteiger partial charge on any atom is -0.461 e. The lowest BCUT2D eigenvalue weighted by Crippen LogP contribution is -2.36. The molecule has 1 aliphatic heterocycles. The maximum absolute atomic E-state index is 14.7. The van der Waals surface area contributed by atoms with Gasteiger partial charge >= 0.3 is 0 Å². The van der Waals surface area contributed by atoms with E-state index in [1.165, 1.54) is 30.5 Å². The number of aromatic nitrogens is 1. The normalized spacial score (nSPS) is 17.7. The molecule has 2 heterocycles. The highest BCUT2D eigenvalue weighted by molar-refractivity contribution is 6.03. The van der Waals surface area contributed by atoms with Crippen molar-refractivity contribution in [2.45, 2.75) is 12.6 Å². The molecule has 1 aliphatic rings. The maximum Gasteiger partial charge on any atom is 0.274 e. The topological polar surface area (TPSA) is 116 Å². The van der Waals surface area contributed by atoms with E-state index in [1.54, 1.807) is 31.2 Å². The number of fused-ring (bicyclic) bond motifs is 1. The van der Waals surface area contributed by atoms with Crippen LogP contribution in [0.15, 0.2) is 65.8 Å². The smallest absolute Gasteiger partial charge is 0.274 e. The van der Waals surface area contributed by atoms with E-state index in [0.29, 0.717) is 22.7 Å². The van der Waals surface area contributed by atoms with Crippen LogP contribution >= 0.6 is 0 Å². The van der Waals surface area contributed by atoms with Crippen molar-refractivity contribution >= 4 is 23.1 Å². The largest absolute Gasteiger partial charge is 0.461 e. The Morgan fingerprint density at radius 3 is 2.69 bits per heavy atom. The van der Waals surface area contributed by atoms with E-state index in [-0.39, 0.29) is 17.1 Å². The third-order valence-electron chi connectivity index (χ3n) is 4.55. The number of nitrogens with zero attached hydrogens (tertiary/aromatic N) is 2. The molecule has 29 heavy (non-hydrogen) atoms. The first-order valence-corrected chi connectivity index (χ1v) is 8.82. The number of amidine groups is 1. The highest BCUT2D eigenvalue weighted by Crippen LogP contribution is 2.37. The van der Waals surface area contributed by atoms with Gasteiger partial charge in [-0.2, -0.15) is 0 Å². The van der Waals surface area contributed by atoms with Crippen molar-refractivity contribution in [3.05, 3.63) is 83.4 Å². The number of para-hydroxylation sites is 1. The molecule has 8 heteroatoms. The summed E-state index contributed by atoms with van der Waals surface area (Å²) in [5.74, 6) is -0.241. The molecule has 1 atom stereocenters. The van der Waals surface area contributed by atoms with Crippen LogP contribution in [-0.2, 0) is 5.72 Å². The third kappa shape index (κ3) is 3.47. The number of nitrogen functional groups attached to an aromatic ring is 1. The fourth-order valence-electron chi connectivity index (χ4n) is 3.10. The minimum atomic E-state index is -1.39. The van der Waals surface area contributed by atoms with E-state index in [9.17, 15) is 9.18 Å². The number of hydrogen-bond acceptors (Lipinski definition) is 6.